The summed E-state index contributed by atoms with van der Waals surface area (Å²) in [5, 5.41) is 0. The van der Waals surface area contributed by atoms with Crippen molar-refractivity contribution in [2.45, 2.75) is 45.2 Å². The van der Waals surface area contributed by atoms with Gasteiger partial charge >= 0.3 is 0 Å². The van der Waals surface area contributed by atoms with E-state index in [2.05, 4.69) is 18.7 Å². The molecule has 2 heteroatoms. The van der Waals surface area contributed by atoms with Crippen LogP contribution in [0.3, 0.4) is 0 Å². The minimum absolute atomic E-state index is 0.771. The number of hydrogen-bond donors (Lipinski definition) is 1. The maximum absolute atomic E-state index is 5.75. The maximum Gasteiger partial charge on any atom is 0.0125 e. The minimum Gasteiger partial charge on any atom is -0.330 e. The molecule has 0 spiro atoms. The van der Waals surface area contributed by atoms with Gasteiger partial charge in [-0.05, 0) is 37.6 Å². The Bertz CT molecular complexity index is 165. The highest BCUT2D eigenvalue weighted by atomic mass is 15.2. The standard InChI is InChI=1S/C11H22N2/c1-8(2)11-5-9(6-12)7-13(11)10-3-4-10/h8-11H,3-7,12H2,1-2H3. The molecule has 0 aromatic carbocycles. The molecule has 2 rings (SSSR count). The average Bonchev–Trinajstić information content (AvgIpc) is 2.84. The first kappa shape index (κ1) is 9.47. The van der Waals surface area contributed by atoms with E-state index in [1.54, 1.807) is 0 Å². The second kappa shape index (κ2) is 3.58. The molecule has 0 amide bonds. The van der Waals surface area contributed by atoms with Crippen LogP contribution in [0.25, 0.3) is 0 Å². The van der Waals surface area contributed by atoms with Crippen LogP contribution in [-0.4, -0.2) is 30.1 Å². The smallest absolute Gasteiger partial charge is 0.0125 e. The number of nitrogens with two attached hydrogens (primary N) is 1. The molecule has 2 unspecified atom stereocenters. The van der Waals surface area contributed by atoms with Crippen molar-refractivity contribution in [1.82, 2.24) is 4.90 Å². The van der Waals surface area contributed by atoms with Gasteiger partial charge in [-0.1, -0.05) is 13.8 Å². The molecule has 1 aliphatic carbocycles. The lowest BCUT2D eigenvalue weighted by Crippen LogP contribution is -2.35. The van der Waals surface area contributed by atoms with Crippen molar-refractivity contribution in [1.29, 1.82) is 0 Å². The van der Waals surface area contributed by atoms with Gasteiger partial charge in [0, 0.05) is 18.6 Å². The molecule has 2 aliphatic rings. The second-order valence-electron chi connectivity index (χ2n) is 5.08. The highest BCUT2D eigenvalue weighted by Gasteiger charge is 2.41. The van der Waals surface area contributed by atoms with Crippen LogP contribution in [0.15, 0.2) is 0 Å². The van der Waals surface area contributed by atoms with Crippen molar-refractivity contribution in [2.24, 2.45) is 17.6 Å². The SMILES string of the molecule is CC(C)C1CC(CN)CN1C1CC1. The van der Waals surface area contributed by atoms with Gasteiger partial charge in [-0.15, -0.1) is 0 Å². The Morgan fingerprint density at radius 3 is 2.54 bits per heavy atom. The van der Waals surface area contributed by atoms with E-state index in [0.29, 0.717) is 0 Å². The molecular weight excluding hydrogens is 160 g/mol. The summed E-state index contributed by atoms with van der Waals surface area (Å²) in [6, 6.07) is 1.74. The first-order valence-corrected chi connectivity index (χ1v) is 5.68. The zero-order valence-electron chi connectivity index (χ0n) is 8.87. The Balaban J connectivity index is 1.98. The summed E-state index contributed by atoms with van der Waals surface area (Å²) in [7, 11) is 0. The van der Waals surface area contributed by atoms with Crippen LogP contribution in [0.5, 0.6) is 0 Å². The third-order valence-electron chi connectivity index (χ3n) is 3.59. The summed E-state index contributed by atoms with van der Waals surface area (Å²) >= 11 is 0. The predicted molar refractivity (Wildman–Crippen MR) is 55.5 cm³/mol. The van der Waals surface area contributed by atoms with Crippen molar-refractivity contribution in [2.75, 3.05) is 13.1 Å². The van der Waals surface area contributed by atoms with Crippen molar-refractivity contribution < 1.29 is 0 Å². The third-order valence-corrected chi connectivity index (χ3v) is 3.59. The van der Waals surface area contributed by atoms with Gasteiger partial charge in [-0.2, -0.15) is 0 Å². The van der Waals surface area contributed by atoms with Crippen molar-refractivity contribution in [3.05, 3.63) is 0 Å². The van der Waals surface area contributed by atoms with E-state index in [9.17, 15) is 0 Å². The fourth-order valence-electron chi connectivity index (χ4n) is 2.64. The van der Waals surface area contributed by atoms with E-state index in [0.717, 1.165) is 30.5 Å². The number of nitrogens with zero attached hydrogens (tertiary/aromatic N) is 1. The maximum atomic E-state index is 5.75. The summed E-state index contributed by atoms with van der Waals surface area (Å²) in [4.78, 5) is 2.72. The Morgan fingerprint density at radius 1 is 1.38 bits per heavy atom. The molecule has 0 aromatic heterocycles. The molecule has 0 aromatic rings. The largest absolute Gasteiger partial charge is 0.330 e. The molecule has 2 N–H and O–H groups in total. The third kappa shape index (κ3) is 1.89. The molecule has 1 saturated heterocycles. The molecule has 2 nitrogen and oxygen atoms in total. The molecular formula is C11H22N2. The van der Waals surface area contributed by atoms with E-state index in [1.165, 1.54) is 25.8 Å². The highest BCUT2D eigenvalue weighted by Crippen LogP contribution is 2.37. The van der Waals surface area contributed by atoms with Crippen LogP contribution < -0.4 is 5.73 Å². The summed E-state index contributed by atoms with van der Waals surface area (Å²) in [6.07, 6.45) is 4.20. The summed E-state index contributed by atoms with van der Waals surface area (Å²) in [5.74, 6) is 1.57. The molecule has 1 heterocycles. The molecule has 0 radical (unpaired) electrons. The summed E-state index contributed by atoms with van der Waals surface area (Å²) in [6.45, 7) is 6.84. The molecule has 1 aliphatic heterocycles. The van der Waals surface area contributed by atoms with Crippen molar-refractivity contribution in [3.63, 3.8) is 0 Å². The van der Waals surface area contributed by atoms with Gasteiger partial charge in [-0.3, -0.25) is 4.90 Å². The van der Waals surface area contributed by atoms with Gasteiger partial charge in [0.05, 0.1) is 0 Å². The number of rotatable bonds is 3. The highest BCUT2D eigenvalue weighted by molar-refractivity contribution is 4.96. The first-order chi connectivity index (χ1) is 6.22. The van der Waals surface area contributed by atoms with E-state index in [-0.39, 0.29) is 0 Å². The van der Waals surface area contributed by atoms with Crippen LogP contribution in [-0.2, 0) is 0 Å². The van der Waals surface area contributed by atoms with Gasteiger partial charge in [-0.25, -0.2) is 0 Å². The Hall–Kier alpha value is -0.0800. The van der Waals surface area contributed by atoms with Crippen LogP contribution in [0.4, 0.5) is 0 Å². The Labute approximate surface area is 81.5 Å². The lowest BCUT2D eigenvalue weighted by molar-refractivity contribution is 0.196. The fourth-order valence-corrected chi connectivity index (χ4v) is 2.64. The van der Waals surface area contributed by atoms with Gasteiger partial charge in [0.2, 0.25) is 0 Å². The van der Waals surface area contributed by atoms with Crippen molar-refractivity contribution >= 4 is 0 Å². The van der Waals surface area contributed by atoms with Crippen molar-refractivity contribution in [3.8, 4) is 0 Å². The van der Waals surface area contributed by atoms with Gasteiger partial charge in [0.15, 0.2) is 0 Å². The second-order valence-corrected chi connectivity index (χ2v) is 5.08. The van der Waals surface area contributed by atoms with E-state index in [4.69, 9.17) is 5.73 Å². The molecule has 1 saturated carbocycles. The molecule has 2 fully saturated rings. The number of hydrogen-bond acceptors (Lipinski definition) is 2. The van der Waals surface area contributed by atoms with Gasteiger partial charge in [0.1, 0.15) is 0 Å². The zero-order valence-corrected chi connectivity index (χ0v) is 8.87. The van der Waals surface area contributed by atoms with Gasteiger partial charge < -0.3 is 5.73 Å². The molecule has 0 bridgehead atoms. The van der Waals surface area contributed by atoms with Crippen LogP contribution in [0, 0.1) is 11.8 Å². The number of likely N-dealkylation sites (tertiary alicyclic amines) is 1. The lowest BCUT2D eigenvalue weighted by Gasteiger charge is -2.27. The first-order valence-electron chi connectivity index (χ1n) is 5.68. The Kier molecular flexibility index (Phi) is 2.61. The molecule has 13 heavy (non-hydrogen) atoms. The zero-order chi connectivity index (χ0) is 9.42. The molecule has 2 atom stereocenters. The van der Waals surface area contributed by atoms with Crippen LogP contribution >= 0.6 is 0 Å². The minimum atomic E-state index is 0.771. The monoisotopic (exact) mass is 182 g/mol. The molecule has 76 valence electrons. The van der Waals surface area contributed by atoms with Crippen LogP contribution in [0.2, 0.25) is 0 Å². The summed E-state index contributed by atoms with van der Waals surface area (Å²) in [5.41, 5.74) is 5.75. The van der Waals surface area contributed by atoms with Gasteiger partial charge in [0.25, 0.3) is 0 Å². The van der Waals surface area contributed by atoms with E-state index >= 15 is 0 Å². The average molecular weight is 182 g/mol. The van der Waals surface area contributed by atoms with Crippen LogP contribution in [0.1, 0.15) is 33.1 Å². The summed E-state index contributed by atoms with van der Waals surface area (Å²) < 4.78 is 0. The topological polar surface area (TPSA) is 29.3 Å². The van der Waals surface area contributed by atoms with E-state index in [1.807, 2.05) is 0 Å². The fraction of sp³-hybridized carbons (Fsp3) is 1.00. The van der Waals surface area contributed by atoms with E-state index < -0.39 is 0 Å². The quantitative estimate of drug-likeness (QED) is 0.716. The Morgan fingerprint density at radius 2 is 2.08 bits per heavy atom. The lowest BCUT2D eigenvalue weighted by atomic mass is 9.97. The predicted octanol–water partition coefficient (Wildman–Crippen LogP) is 1.45. The normalized spacial score (nSPS) is 36.0.